The van der Waals surface area contributed by atoms with Crippen molar-refractivity contribution in [1.29, 1.82) is 0 Å². The van der Waals surface area contributed by atoms with Crippen LogP contribution in [0.4, 0.5) is 0 Å². The van der Waals surface area contributed by atoms with Gasteiger partial charge in [0.2, 0.25) is 0 Å². The molecule has 8 heteroatoms. The Hall–Kier alpha value is -2.90. The van der Waals surface area contributed by atoms with E-state index in [0.29, 0.717) is 0 Å². The lowest BCUT2D eigenvalue weighted by Gasteiger charge is -2.08. The molecule has 0 unspecified atom stereocenters. The first-order valence-electron chi connectivity index (χ1n) is 6.25. The van der Waals surface area contributed by atoms with E-state index in [2.05, 4.69) is 20.9 Å². The highest BCUT2D eigenvalue weighted by atomic mass is 16.2. The highest BCUT2D eigenvalue weighted by Gasteiger charge is 2.11. The minimum Gasteiger partial charge on any atom is -0.328 e. The fraction of sp³-hybridized carbons (Fsp3) is 0.231. The lowest BCUT2D eigenvalue weighted by atomic mass is 10.3. The topological polar surface area (TPSA) is 109 Å². The second-order valence-electron chi connectivity index (χ2n) is 4.50. The van der Waals surface area contributed by atoms with E-state index in [9.17, 15) is 14.4 Å². The van der Waals surface area contributed by atoms with Crippen LogP contribution in [-0.2, 0) is 11.3 Å². The Kier molecular flexibility index (Phi) is 4.17. The van der Waals surface area contributed by atoms with E-state index in [1.165, 1.54) is 23.0 Å². The molecule has 0 aliphatic heterocycles. The average molecular weight is 289 g/mol. The smallest absolute Gasteiger partial charge is 0.275 e. The molecule has 0 radical (unpaired) electrons. The maximum absolute atomic E-state index is 11.7. The minimum absolute atomic E-state index is 0.0227. The van der Waals surface area contributed by atoms with Gasteiger partial charge in [0.05, 0.1) is 5.69 Å². The number of rotatable bonds is 3. The fourth-order valence-corrected chi connectivity index (χ4v) is 1.80. The van der Waals surface area contributed by atoms with Crippen LogP contribution in [0.5, 0.6) is 0 Å². The van der Waals surface area contributed by atoms with Gasteiger partial charge in [-0.2, -0.15) is 5.10 Å². The molecule has 0 aromatic carbocycles. The van der Waals surface area contributed by atoms with Crippen LogP contribution in [0.1, 0.15) is 21.7 Å². The van der Waals surface area contributed by atoms with Crippen molar-refractivity contribution in [3.8, 4) is 0 Å². The third-order valence-electron chi connectivity index (χ3n) is 2.77. The summed E-state index contributed by atoms with van der Waals surface area (Å²) in [6.45, 7) is 3.63. The Bertz CT molecular complexity index is 731. The zero-order valence-electron chi connectivity index (χ0n) is 11.6. The summed E-state index contributed by atoms with van der Waals surface area (Å²) in [5, 5.41) is 4.14. The Balaban J connectivity index is 1.93. The maximum atomic E-state index is 11.7. The van der Waals surface area contributed by atoms with E-state index in [4.69, 9.17) is 0 Å². The van der Waals surface area contributed by atoms with E-state index < -0.39 is 17.4 Å². The Morgan fingerprint density at radius 1 is 1.33 bits per heavy atom. The molecule has 0 aliphatic carbocycles. The molecule has 8 nitrogen and oxygen atoms in total. The number of carbonyl (C=O) groups is 2. The van der Waals surface area contributed by atoms with Crippen LogP contribution < -0.4 is 16.4 Å². The summed E-state index contributed by atoms with van der Waals surface area (Å²) in [6.07, 6.45) is 1.42. The quantitative estimate of drug-likeness (QED) is 0.671. The molecular weight excluding hydrogens is 274 g/mol. The molecule has 3 N–H and O–H groups in total. The number of hydrogen-bond acceptors (Lipinski definition) is 4. The first-order valence-corrected chi connectivity index (χ1v) is 6.25. The van der Waals surface area contributed by atoms with Crippen molar-refractivity contribution in [3.63, 3.8) is 0 Å². The summed E-state index contributed by atoms with van der Waals surface area (Å²) in [5.74, 6) is -1.12. The molecule has 0 saturated carbocycles. The Labute approximate surface area is 120 Å². The van der Waals surface area contributed by atoms with Gasteiger partial charge >= 0.3 is 0 Å². The number of aromatic amines is 1. The van der Waals surface area contributed by atoms with Gasteiger partial charge in [0.1, 0.15) is 12.1 Å². The number of amides is 2. The van der Waals surface area contributed by atoms with Gasteiger partial charge in [-0.05, 0) is 32.0 Å². The molecule has 2 aromatic heterocycles. The summed E-state index contributed by atoms with van der Waals surface area (Å²) in [5.41, 5.74) is 5.47. The van der Waals surface area contributed by atoms with Crippen LogP contribution in [0.2, 0.25) is 0 Å². The zero-order chi connectivity index (χ0) is 15.4. The third-order valence-corrected chi connectivity index (χ3v) is 2.77. The molecule has 0 saturated heterocycles. The van der Waals surface area contributed by atoms with E-state index in [1.807, 2.05) is 19.9 Å². The van der Waals surface area contributed by atoms with Crippen LogP contribution in [0.3, 0.4) is 0 Å². The average Bonchev–Trinajstić information content (AvgIpc) is 2.74. The first kappa shape index (κ1) is 14.5. The predicted octanol–water partition coefficient (Wildman–Crippen LogP) is -0.351. The van der Waals surface area contributed by atoms with Gasteiger partial charge in [0.25, 0.3) is 17.4 Å². The highest BCUT2D eigenvalue weighted by Crippen LogP contribution is 2.00. The number of carbonyl (C=O) groups excluding carboxylic acids is 2. The van der Waals surface area contributed by atoms with Crippen LogP contribution in [0.15, 0.2) is 29.2 Å². The van der Waals surface area contributed by atoms with Crippen molar-refractivity contribution in [3.05, 3.63) is 51.7 Å². The number of H-pyrrole nitrogens is 1. The van der Waals surface area contributed by atoms with Gasteiger partial charge in [-0.1, -0.05) is 0 Å². The monoisotopic (exact) mass is 289 g/mol. The summed E-state index contributed by atoms with van der Waals surface area (Å²) >= 11 is 0. The molecule has 110 valence electrons. The van der Waals surface area contributed by atoms with Gasteiger partial charge in [-0.15, -0.1) is 0 Å². The van der Waals surface area contributed by atoms with E-state index in [-0.39, 0.29) is 12.1 Å². The second-order valence-corrected chi connectivity index (χ2v) is 4.50. The largest absolute Gasteiger partial charge is 0.328 e. The normalized spacial score (nSPS) is 10.2. The third kappa shape index (κ3) is 3.56. The second kappa shape index (κ2) is 6.04. The molecule has 0 atom stereocenters. The number of hydrogen-bond donors (Lipinski definition) is 3. The molecule has 2 aromatic rings. The van der Waals surface area contributed by atoms with Crippen molar-refractivity contribution < 1.29 is 9.59 Å². The Morgan fingerprint density at radius 3 is 2.71 bits per heavy atom. The van der Waals surface area contributed by atoms with Gasteiger partial charge < -0.3 is 4.98 Å². The van der Waals surface area contributed by atoms with Crippen LogP contribution in [0, 0.1) is 13.8 Å². The molecule has 2 rings (SSSR count). The summed E-state index contributed by atoms with van der Waals surface area (Å²) in [6, 6.07) is 4.73. The lowest BCUT2D eigenvalue weighted by Crippen LogP contribution is -2.44. The summed E-state index contributed by atoms with van der Waals surface area (Å²) < 4.78 is 1.52. The van der Waals surface area contributed by atoms with Crippen LogP contribution in [-0.4, -0.2) is 26.6 Å². The number of pyridine rings is 1. The molecule has 0 aliphatic rings. The Morgan fingerprint density at radius 2 is 2.10 bits per heavy atom. The van der Waals surface area contributed by atoms with E-state index in [1.54, 1.807) is 0 Å². The molecule has 21 heavy (non-hydrogen) atoms. The van der Waals surface area contributed by atoms with Crippen molar-refractivity contribution in [2.75, 3.05) is 0 Å². The number of nitrogens with one attached hydrogen (secondary N) is 3. The highest BCUT2D eigenvalue weighted by molar-refractivity contribution is 5.94. The first-order chi connectivity index (χ1) is 9.97. The van der Waals surface area contributed by atoms with Crippen molar-refractivity contribution in [2.45, 2.75) is 20.4 Å². The molecule has 2 amide bonds. The van der Waals surface area contributed by atoms with Crippen molar-refractivity contribution in [2.24, 2.45) is 0 Å². The molecule has 2 heterocycles. The van der Waals surface area contributed by atoms with Gasteiger partial charge in [-0.25, -0.2) is 0 Å². The standard InChI is InChI=1S/C13H15N5O3/c1-8-6-9(2)18(17-8)7-11(19)15-16-13(21)10-4-3-5-14-12(10)20/h3-6H,7H2,1-2H3,(H,14,20)(H,15,19)(H,16,21). The summed E-state index contributed by atoms with van der Waals surface area (Å²) in [4.78, 5) is 37.2. The maximum Gasteiger partial charge on any atom is 0.275 e. The number of aryl methyl sites for hydroxylation is 2. The van der Waals surface area contributed by atoms with Crippen molar-refractivity contribution >= 4 is 11.8 Å². The minimum atomic E-state index is -0.682. The molecular formula is C13H15N5O3. The number of nitrogens with zero attached hydrogens (tertiary/aromatic N) is 2. The van der Waals surface area contributed by atoms with Crippen molar-refractivity contribution in [1.82, 2.24) is 25.6 Å². The number of aromatic nitrogens is 3. The predicted molar refractivity (Wildman–Crippen MR) is 74.4 cm³/mol. The van der Waals surface area contributed by atoms with Crippen LogP contribution in [0.25, 0.3) is 0 Å². The lowest BCUT2D eigenvalue weighted by molar-refractivity contribution is -0.122. The number of hydrazine groups is 1. The zero-order valence-corrected chi connectivity index (χ0v) is 11.6. The van der Waals surface area contributed by atoms with Gasteiger partial charge in [0.15, 0.2) is 0 Å². The van der Waals surface area contributed by atoms with Gasteiger partial charge in [-0.3, -0.25) is 29.9 Å². The van der Waals surface area contributed by atoms with E-state index in [0.717, 1.165) is 11.4 Å². The fourth-order valence-electron chi connectivity index (χ4n) is 1.80. The molecule has 0 fully saturated rings. The van der Waals surface area contributed by atoms with Crippen LogP contribution >= 0.6 is 0 Å². The van der Waals surface area contributed by atoms with Gasteiger partial charge in [0, 0.05) is 11.9 Å². The SMILES string of the molecule is Cc1cc(C)n(CC(=O)NNC(=O)c2ccc[nH]c2=O)n1. The molecule has 0 spiro atoms. The van der Waals surface area contributed by atoms with E-state index >= 15 is 0 Å². The molecule has 0 bridgehead atoms. The summed E-state index contributed by atoms with van der Waals surface area (Å²) in [7, 11) is 0.